The molecule has 1 N–H and O–H groups in total. The van der Waals surface area contributed by atoms with Crippen molar-refractivity contribution >= 4 is 42.2 Å². The van der Waals surface area contributed by atoms with Crippen molar-refractivity contribution in [2.75, 3.05) is 12.4 Å². The van der Waals surface area contributed by atoms with Crippen LogP contribution in [0.2, 0.25) is 24.8 Å². The van der Waals surface area contributed by atoms with Crippen molar-refractivity contribution in [1.29, 1.82) is 0 Å². The van der Waals surface area contributed by atoms with E-state index >= 15 is 0 Å². The van der Waals surface area contributed by atoms with Crippen molar-refractivity contribution in [3.05, 3.63) is 46.5 Å². The van der Waals surface area contributed by atoms with Crippen LogP contribution in [-0.4, -0.2) is 26.1 Å². The van der Waals surface area contributed by atoms with Gasteiger partial charge in [-0.3, -0.25) is 0 Å². The van der Waals surface area contributed by atoms with Gasteiger partial charge >= 0.3 is 5.97 Å². The zero-order valence-electron chi connectivity index (χ0n) is 15.0. The zero-order chi connectivity index (χ0) is 18.8. The van der Waals surface area contributed by atoms with Gasteiger partial charge in [-0.1, -0.05) is 49.4 Å². The molecule has 0 radical (unpaired) electrons. The maximum atomic E-state index is 14.5. The summed E-state index contributed by atoms with van der Waals surface area (Å²) in [6.45, 7) is 8.32. The second kappa shape index (κ2) is 7.54. The molecular formula is C18H22ClFN2O2Si. The summed E-state index contributed by atoms with van der Waals surface area (Å²) in [6.07, 6.45) is 1.92. The van der Waals surface area contributed by atoms with Crippen molar-refractivity contribution in [1.82, 2.24) is 4.98 Å². The van der Waals surface area contributed by atoms with Crippen molar-refractivity contribution in [2.45, 2.75) is 33.0 Å². The normalized spacial score (nSPS) is 11.3. The number of rotatable bonds is 5. The van der Waals surface area contributed by atoms with Crippen LogP contribution < -0.4 is 10.5 Å². The summed E-state index contributed by atoms with van der Waals surface area (Å²) in [5, 5.41) is 4.21. The quantitative estimate of drug-likeness (QED) is 0.471. The highest BCUT2D eigenvalue weighted by Crippen LogP contribution is 2.29. The first-order valence-corrected chi connectivity index (χ1v) is 11.9. The van der Waals surface area contributed by atoms with Gasteiger partial charge in [0, 0.05) is 5.56 Å². The first-order chi connectivity index (χ1) is 11.7. The Hall–Kier alpha value is -1.92. The van der Waals surface area contributed by atoms with Gasteiger partial charge in [0.1, 0.15) is 11.0 Å². The summed E-state index contributed by atoms with van der Waals surface area (Å²) in [7, 11) is -0.313. The molecule has 0 atom stereocenters. The SMILES string of the molecule is CCc1c(Cl)ncc(Nc2ccc([Si](C)(C)C)cc2F)c1C(=O)OC. The molecule has 0 amide bonds. The van der Waals surface area contributed by atoms with Crippen molar-refractivity contribution in [3.63, 3.8) is 0 Å². The number of nitrogens with zero attached hydrogens (tertiary/aromatic N) is 1. The molecule has 134 valence electrons. The Morgan fingerprint density at radius 1 is 1.32 bits per heavy atom. The fourth-order valence-corrected chi connectivity index (χ4v) is 3.93. The molecule has 1 aromatic heterocycles. The monoisotopic (exact) mass is 380 g/mol. The lowest BCUT2D eigenvalue weighted by atomic mass is 10.1. The van der Waals surface area contributed by atoms with Crippen LogP contribution in [0, 0.1) is 5.82 Å². The van der Waals surface area contributed by atoms with E-state index in [1.807, 2.05) is 13.0 Å². The van der Waals surface area contributed by atoms with E-state index in [9.17, 15) is 9.18 Å². The second-order valence-electron chi connectivity index (χ2n) is 6.73. The number of pyridine rings is 1. The number of esters is 1. The molecule has 2 rings (SSSR count). The molecule has 25 heavy (non-hydrogen) atoms. The maximum absolute atomic E-state index is 14.5. The van der Waals surface area contributed by atoms with Gasteiger partial charge in [-0.05, 0) is 18.6 Å². The molecule has 0 saturated carbocycles. The molecule has 0 aliphatic rings. The number of nitrogens with one attached hydrogen (secondary N) is 1. The van der Waals surface area contributed by atoms with Crippen LogP contribution in [0.1, 0.15) is 22.8 Å². The molecule has 0 saturated heterocycles. The van der Waals surface area contributed by atoms with Crippen LogP contribution in [0.15, 0.2) is 24.4 Å². The predicted octanol–water partition coefficient (Wildman–Crippen LogP) is 4.51. The van der Waals surface area contributed by atoms with Gasteiger partial charge in [-0.25, -0.2) is 14.2 Å². The highest BCUT2D eigenvalue weighted by atomic mass is 35.5. The van der Waals surface area contributed by atoms with Crippen LogP contribution in [0.25, 0.3) is 0 Å². The van der Waals surface area contributed by atoms with Gasteiger partial charge in [0.25, 0.3) is 0 Å². The lowest BCUT2D eigenvalue weighted by molar-refractivity contribution is 0.0600. The average molecular weight is 381 g/mol. The molecule has 0 spiro atoms. The predicted molar refractivity (Wildman–Crippen MR) is 103 cm³/mol. The van der Waals surface area contributed by atoms with E-state index in [0.717, 1.165) is 5.19 Å². The second-order valence-corrected chi connectivity index (χ2v) is 12.2. The van der Waals surface area contributed by atoms with Crippen LogP contribution in [0.5, 0.6) is 0 Å². The molecule has 7 heteroatoms. The third-order valence-corrected chi connectivity index (χ3v) is 6.34. The highest BCUT2D eigenvalue weighted by molar-refractivity contribution is 6.88. The smallest absolute Gasteiger partial charge is 0.340 e. The number of carbonyl (C=O) groups excluding carboxylic acids is 1. The number of aromatic nitrogens is 1. The first-order valence-electron chi connectivity index (χ1n) is 8.01. The molecule has 2 aromatic rings. The van der Waals surface area contributed by atoms with Crippen molar-refractivity contribution in [3.8, 4) is 0 Å². The molecule has 0 bridgehead atoms. The Balaban J connectivity index is 2.49. The van der Waals surface area contributed by atoms with Crippen LogP contribution in [0.4, 0.5) is 15.8 Å². The Bertz CT molecular complexity index is 806. The van der Waals surface area contributed by atoms with Gasteiger partial charge in [-0.15, -0.1) is 0 Å². The molecule has 4 nitrogen and oxygen atoms in total. The summed E-state index contributed by atoms with van der Waals surface area (Å²) in [5.74, 6) is -0.911. The Morgan fingerprint density at radius 2 is 2.00 bits per heavy atom. The summed E-state index contributed by atoms with van der Waals surface area (Å²) in [4.78, 5) is 16.3. The van der Waals surface area contributed by atoms with E-state index in [-0.39, 0.29) is 22.2 Å². The lowest BCUT2D eigenvalue weighted by Crippen LogP contribution is -2.37. The molecule has 0 aliphatic heterocycles. The largest absolute Gasteiger partial charge is 0.465 e. The van der Waals surface area contributed by atoms with E-state index in [1.165, 1.54) is 13.3 Å². The first kappa shape index (κ1) is 19.4. The topological polar surface area (TPSA) is 51.2 Å². The molecule has 1 heterocycles. The van der Waals surface area contributed by atoms with Crippen LogP contribution in [-0.2, 0) is 11.2 Å². The number of methoxy groups -OCH3 is 1. The number of hydrogen-bond donors (Lipinski definition) is 1. The number of ether oxygens (including phenoxy) is 1. The fraction of sp³-hybridized carbons (Fsp3) is 0.333. The highest BCUT2D eigenvalue weighted by Gasteiger charge is 2.22. The van der Waals surface area contributed by atoms with E-state index < -0.39 is 14.0 Å². The number of anilines is 2. The van der Waals surface area contributed by atoms with E-state index in [4.69, 9.17) is 16.3 Å². The minimum absolute atomic E-state index is 0.239. The van der Waals surface area contributed by atoms with Gasteiger partial charge in [-0.2, -0.15) is 0 Å². The minimum Gasteiger partial charge on any atom is -0.465 e. The Labute approximate surface area is 153 Å². The Morgan fingerprint density at radius 3 is 2.52 bits per heavy atom. The van der Waals surface area contributed by atoms with Crippen LogP contribution in [0.3, 0.4) is 0 Å². The summed E-state index contributed by atoms with van der Waals surface area (Å²) >= 11 is 6.09. The van der Waals surface area contributed by atoms with Crippen molar-refractivity contribution in [2.24, 2.45) is 0 Å². The molecule has 0 fully saturated rings. The summed E-state index contributed by atoms with van der Waals surface area (Å²) in [5.41, 5.74) is 1.49. The number of hydrogen-bond acceptors (Lipinski definition) is 4. The molecule has 0 aliphatic carbocycles. The maximum Gasteiger partial charge on any atom is 0.340 e. The third kappa shape index (κ3) is 4.19. The number of halogens is 2. The minimum atomic E-state index is -1.61. The van der Waals surface area contributed by atoms with Gasteiger partial charge in [0.15, 0.2) is 0 Å². The van der Waals surface area contributed by atoms with Gasteiger partial charge in [0.05, 0.1) is 38.3 Å². The van der Waals surface area contributed by atoms with Crippen molar-refractivity contribution < 1.29 is 13.9 Å². The fourth-order valence-electron chi connectivity index (χ4n) is 2.51. The summed E-state index contributed by atoms with van der Waals surface area (Å²) in [6, 6.07) is 5.15. The standard InChI is InChI=1S/C18H22ClFN2O2Si/c1-6-12-16(18(23)24-2)15(10-21-17(12)19)22-14-8-7-11(9-13(14)20)25(3,4)5/h7-10,22H,6H2,1-5H3. The van der Waals surface area contributed by atoms with E-state index in [2.05, 4.69) is 29.9 Å². The lowest BCUT2D eigenvalue weighted by Gasteiger charge is -2.19. The van der Waals surface area contributed by atoms with E-state index in [1.54, 1.807) is 12.1 Å². The van der Waals surface area contributed by atoms with E-state index in [0.29, 0.717) is 17.7 Å². The molecule has 1 aromatic carbocycles. The van der Waals surface area contributed by atoms with Gasteiger partial charge in [0.2, 0.25) is 0 Å². The molecular weight excluding hydrogens is 359 g/mol. The number of carbonyl (C=O) groups is 1. The molecule has 0 unspecified atom stereocenters. The average Bonchev–Trinajstić information content (AvgIpc) is 2.56. The number of benzene rings is 1. The zero-order valence-corrected chi connectivity index (χ0v) is 16.8. The van der Waals surface area contributed by atoms with Crippen LogP contribution >= 0.6 is 11.6 Å². The Kier molecular flexibility index (Phi) is 5.85. The third-order valence-electron chi connectivity index (χ3n) is 3.97. The summed E-state index contributed by atoms with van der Waals surface area (Å²) < 4.78 is 19.4. The van der Waals surface area contributed by atoms with Gasteiger partial charge < -0.3 is 10.1 Å².